The lowest BCUT2D eigenvalue weighted by molar-refractivity contribution is -0.384. The number of anilines is 2. The van der Waals surface area contributed by atoms with E-state index >= 15 is 0 Å². The molecule has 1 N–H and O–H groups in total. The van der Waals surface area contributed by atoms with Gasteiger partial charge in [-0.1, -0.05) is 6.07 Å². The van der Waals surface area contributed by atoms with Gasteiger partial charge in [-0.05, 0) is 25.1 Å². The quantitative estimate of drug-likeness (QED) is 0.593. The van der Waals surface area contributed by atoms with Gasteiger partial charge in [0.15, 0.2) is 0 Å². The number of nitro benzene ring substituents is 1. The Kier molecular flexibility index (Phi) is 5.74. The topological polar surface area (TPSA) is 110 Å². The molecule has 1 amide bonds. The maximum atomic E-state index is 13.7. The summed E-state index contributed by atoms with van der Waals surface area (Å²) in [7, 11) is -4.02. The molecular weight excluding hydrogens is 384 g/mol. The second-order valence-corrected chi connectivity index (χ2v) is 7.48. The summed E-state index contributed by atoms with van der Waals surface area (Å²) in [5.74, 6) is -2.78. The van der Waals surface area contributed by atoms with Crippen molar-refractivity contribution in [2.24, 2.45) is 0 Å². The monoisotopic (exact) mass is 399 g/mol. The number of nitro groups is 1. The highest BCUT2D eigenvalue weighted by atomic mass is 32.2. The van der Waals surface area contributed by atoms with Gasteiger partial charge < -0.3 is 5.32 Å². The smallest absolute Gasteiger partial charge is 0.271 e. The summed E-state index contributed by atoms with van der Waals surface area (Å²) >= 11 is 0. The van der Waals surface area contributed by atoms with E-state index in [1.165, 1.54) is 25.1 Å². The van der Waals surface area contributed by atoms with Crippen LogP contribution < -0.4 is 9.62 Å². The summed E-state index contributed by atoms with van der Waals surface area (Å²) < 4.78 is 51.7. The molecule has 11 heteroatoms. The third-order valence-electron chi connectivity index (χ3n) is 3.57. The van der Waals surface area contributed by atoms with E-state index in [1.807, 2.05) is 0 Å². The number of nitrogens with zero attached hydrogens (tertiary/aromatic N) is 2. The van der Waals surface area contributed by atoms with Crippen molar-refractivity contribution in [3.63, 3.8) is 0 Å². The number of rotatable bonds is 6. The van der Waals surface area contributed by atoms with Gasteiger partial charge in [0.1, 0.15) is 17.7 Å². The van der Waals surface area contributed by atoms with Crippen LogP contribution in [0.2, 0.25) is 0 Å². The van der Waals surface area contributed by atoms with Gasteiger partial charge in [-0.15, -0.1) is 0 Å². The summed E-state index contributed by atoms with van der Waals surface area (Å²) in [6, 6.07) is 5.85. The molecule has 0 saturated carbocycles. The van der Waals surface area contributed by atoms with Crippen LogP contribution >= 0.6 is 0 Å². The molecule has 8 nitrogen and oxygen atoms in total. The van der Waals surface area contributed by atoms with Crippen molar-refractivity contribution in [2.75, 3.05) is 15.9 Å². The van der Waals surface area contributed by atoms with Crippen LogP contribution in [0.5, 0.6) is 0 Å². The molecule has 0 radical (unpaired) electrons. The third kappa shape index (κ3) is 4.76. The molecule has 27 heavy (non-hydrogen) atoms. The van der Waals surface area contributed by atoms with Crippen molar-refractivity contribution < 1.29 is 26.9 Å². The zero-order valence-electron chi connectivity index (χ0n) is 14.2. The molecule has 0 aliphatic heterocycles. The molecule has 0 aliphatic rings. The molecule has 0 fully saturated rings. The molecule has 2 aromatic carbocycles. The number of nitrogens with one attached hydrogen (secondary N) is 1. The molecule has 0 aliphatic carbocycles. The number of carbonyl (C=O) groups excluding carboxylic acids is 1. The number of benzene rings is 2. The molecule has 1 unspecified atom stereocenters. The van der Waals surface area contributed by atoms with Gasteiger partial charge >= 0.3 is 0 Å². The average Bonchev–Trinajstić information content (AvgIpc) is 2.56. The molecule has 144 valence electrons. The highest BCUT2D eigenvalue weighted by Gasteiger charge is 2.30. The van der Waals surface area contributed by atoms with Crippen molar-refractivity contribution in [2.45, 2.75) is 13.0 Å². The Morgan fingerprint density at radius 3 is 2.44 bits per heavy atom. The maximum absolute atomic E-state index is 13.7. The molecule has 1 atom stereocenters. The standard InChI is InChI=1S/C16H15F2N3O5S/c1-10(16(22)19-15-7-6-11(17)8-14(15)18)20(27(2,25)26)12-4-3-5-13(9-12)21(23)24/h3-10H,1-2H3,(H,19,22). The van der Waals surface area contributed by atoms with Crippen LogP contribution in [0.4, 0.5) is 25.8 Å². The number of carbonyl (C=O) groups is 1. The first-order chi connectivity index (χ1) is 12.5. The van der Waals surface area contributed by atoms with E-state index in [9.17, 15) is 32.1 Å². The first kappa shape index (κ1) is 20.2. The fraction of sp³-hybridized carbons (Fsp3) is 0.188. The minimum Gasteiger partial charge on any atom is -0.322 e. The van der Waals surface area contributed by atoms with Crippen molar-refractivity contribution in [3.05, 3.63) is 64.2 Å². The van der Waals surface area contributed by atoms with E-state index in [0.717, 1.165) is 24.5 Å². The van der Waals surface area contributed by atoms with Gasteiger partial charge in [-0.25, -0.2) is 17.2 Å². The van der Waals surface area contributed by atoms with Crippen LogP contribution in [0.25, 0.3) is 0 Å². The van der Waals surface area contributed by atoms with E-state index in [-0.39, 0.29) is 17.1 Å². The minimum atomic E-state index is -4.02. The Morgan fingerprint density at radius 2 is 1.89 bits per heavy atom. The highest BCUT2D eigenvalue weighted by Crippen LogP contribution is 2.26. The summed E-state index contributed by atoms with van der Waals surface area (Å²) in [5, 5.41) is 13.1. The zero-order chi connectivity index (χ0) is 20.4. The molecule has 2 aromatic rings. The van der Waals surface area contributed by atoms with Gasteiger partial charge in [-0.2, -0.15) is 0 Å². The normalized spacial score (nSPS) is 12.3. The number of hydrogen-bond acceptors (Lipinski definition) is 5. The molecular formula is C16H15F2N3O5S. The van der Waals surface area contributed by atoms with Crippen LogP contribution in [0.3, 0.4) is 0 Å². The van der Waals surface area contributed by atoms with Gasteiger partial charge in [0.2, 0.25) is 15.9 Å². The Morgan fingerprint density at radius 1 is 1.22 bits per heavy atom. The first-order valence-electron chi connectivity index (χ1n) is 7.50. The number of sulfonamides is 1. The number of amides is 1. The molecule has 2 rings (SSSR count). The van der Waals surface area contributed by atoms with E-state index in [4.69, 9.17) is 0 Å². The van der Waals surface area contributed by atoms with E-state index < -0.39 is 38.5 Å². The zero-order valence-corrected chi connectivity index (χ0v) is 15.0. The predicted molar refractivity (Wildman–Crippen MR) is 94.9 cm³/mol. The number of halogens is 2. The fourth-order valence-electron chi connectivity index (χ4n) is 2.38. The Hall–Kier alpha value is -3.08. The fourth-order valence-corrected chi connectivity index (χ4v) is 3.55. The summed E-state index contributed by atoms with van der Waals surface area (Å²) in [6.45, 7) is 1.23. The lowest BCUT2D eigenvalue weighted by Crippen LogP contribution is -2.45. The summed E-state index contributed by atoms with van der Waals surface area (Å²) in [5.41, 5.74) is -0.798. The van der Waals surface area contributed by atoms with Crippen molar-refractivity contribution in [1.82, 2.24) is 0 Å². The van der Waals surface area contributed by atoms with Crippen molar-refractivity contribution in [3.8, 4) is 0 Å². The number of non-ortho nitro benzene ring substituents is 1. The van der Waals surface area contributed by atoms with E-state index in [2.05, 4.69) is 5.32 Å². The van der Waals surface area contributed by atoms with Crippen molar-refractivity contribution >= 4 is 33.0 Å². The van der Waals surface area contributed by atoms with Crippen LogP contribution in [-0.4, -0.2) is 31.5 Å². The number of hydrogen-bond donors (Lipinski definition) is 1. The van der Waals surface area contributed by atoms with Crippen molar-refractivity contribution in [1.29, 1.82) is 0 Å². The van der Waals surface area contributed by atoms with E-state index in [0.29, 0.717) is 10.4 Å². The maximum Gasteiger partial charge on any atom is 0.271 e. The first-order valence-corrected chi connectivity index (χ1v) is 9.35. The molecule has 0 aromatic heterocycles. The lowest BCUT2D eigenvalue weighted by Gasteiger charge is -2.28. The molecule has 0 bridgehead atoms. The Balaban J connectivity index is 2.38. The highest BCUT2D eigenvalue weighted by molar-refractivity contribution is 7.92. The SMILES string of the molecule is CC(C(=O)Nc1ccc(F)cc1F)N(c1cccc([N+](=O)[O-])c1)S(C)(=O)=O. The molecule has 0 spiro atoms. The Labute approximate surface area is 153 Å². The summed E-state index contributed by atoms with van der Waals surface area (Å²) in [4.78, 5) is 22.6. The molecule has 0 heterocycles. The average molecular weight is 399 g/mol. The van der Waals surface area contributed by atoms with Crippen LogP contribution in [0, 0.1) is 21.7 Å². The van der Waals surface area contributed by atoms with Gasteiger partial charge in [0.05, 0.1) is 22.6 Å². The second-order valence-electron chi connectivity index (χ2n) is 5.63. The minimum absolute atomic E-state index is 0.103. The van der Waals surface area contributed by atoms with Crippen LogP contribution in [0.1, 0.15) is 6.92 Å². The predicted octanol–water partition coefficient (Wildman–Crippen LogP) is 2.67. The lowest BCUT2D eigenvalue weighted by atomic mass is 10.2. The van der Waals surface area contributed by atoms with Gasteiger partial charge in [-0.3, -0.25) is 19.2 Å². The summed E-state index contributed by atoms with van der Waals surface area (Å²) in [6.07, 6.45) is 0.827. The van der Waals surface area contributed by atoms with Crippen LogP contribution in [0.15, 0.2) is 42.5 Å². The molecule has 0 saturated heterocycles. The second kappa shape index (κ2) is 7.66. The third-order valence-corrected chi connectivity index (χ3v) is 4.81. The van der Waals surface area contributed by atoms with Gasteiger partial charge in [0, 0.05) is 18.2 Å². The van der Waals surface area contributed by atoms with Gasteiger partial charge in [0.25, 0.3) is 5.69 Å². The van der Waals surface area contributed by atoms with E-state index in [1.54, 1.807) is 0 Å². The Bertz CT molecular complexity index is 997. The largest absolute Gasteiger partial charge is 0.322 e. The van der Waals surface area contributed by atoms with Crippen LogP contribution in [-0.2, 0) is 14.8 Å².